The maximum atomic E-state index is 12.9. The van der Waals surface area contributed by atoms with Gasteiger partial charge in [-0.05, 0) is 49.9 Å². The van der Waals surface area contributed by atoms with E-state index in [1.54, 1.807) is 24.3 Å². The summed E-state index contributed by atoms with van der Waals surface area (Å²) in [5, 5.41) is 7.84. The lowest BCUT2D eigenvalue weighted by atomic mass is 9.92. The van der Waals surface area contributed by atoms with Gasteiger partial charge in [0.05, 0.1) is 17.0 Å². The lowest BCUT2D eigenvalue weighted by Crippen LogP contribution is -2.28. The molecule has 3 aromatic heterocycles. The molecule has 1 amide bonds. The van der Waals surface area contributed by atoms with Crippen LogP contribution in [0.1, 0.15) is 47.6 Å². The highest BCUT2D eigenvalue weighted by molar-refractivity contribution is 6.04. The Morgan fingerprint density at radius 3 is 2.41 bits per heavy atom. The number of hydrogen-bond donors (Lipinski definition) is 3. The van der Waals surface area contributed by atoms with Crippen LogP contribution >= 0.6 is 12.4 Å². The summed E-state index contributed by atoms with van der Waals surface area (Å²) in [6, 6.07) is 8.46. The number of nitrogen functional groups attached to an aromatic ring is 1. The number of nitrogens with two attached hydrogens (primary N) is 2. The molecular weight excluding hydrogens is 509 g/mol. The first kappa shape index (κ1) is 26.3. The largest absolute Gasteiger partial charge is 0.416 e. The highest BCUT2D eigenvalue weighted by atomic mass is 35.5. The Balaban J connectivity index is 0.00000320. The fraction of sp³-hybridized carbons (Fsp3) is 0.292. The number of amides is 1. The maximum Gasteiger partial charge on any atom is 0.416 e. The number of hydrogen-bond acceptors (Lipinski definition) is 7. The average molecular weight is 533 g/mol. The lowest BCUT2D eigenvalue weighted by Gasteiger charge is -2.26. The maximum absolute atomic E-state index is 12.9. The first-order chi connectivity index (χ1) is 17.2. The second-order valence-corrected chi connectivity index (χ2v) is 8.78. The third-order valence-corrected chi connectivity index (χ3v) is 6.35. The molecule has 0 spiro atoms. The molecule has 0 bridgehead atoms. The second-order valence-electron chi connectivity index (χ2n) is 8.78. The van der Waals surface area contributed by atoms with Crippen LogP contribution in [0, 0.1) is 0 Å². The van der Waals surface area contributed by atoms with Crippen molar-refractivity contribution in [2.24, 2.45) is 5.73 Å². The molecule has 0 atom stereocenters. The molecule has 1 saturated carbocycles. The number of halogens is 4. The van der Waals surface area contributed by atoms with Crippen molar-refractivity contribution in [3.63, 3.8) is 0 Å². The molecular formula is C24H24ClF3N8O. The summed E-state index contributed by atoms with van der Waals surface area (Å²) in [5.41, 5.74) is 13.5. The summed E-state index contributed by atoms with van der Waals surface area (Å²) in [4.78, 5) is 25.0. The Morgan fingerprint density at radius 1 is 1.03 bits per heavy atom. The van der Waals surface area contributed by atoms with Gasteiger partial charge in [0, 0.05) is 23.4 Å². The summed E-state index contributed by atoms with van der Waals surface area (Å²) in [5.74, 6) is -0.489. The number of benzene rings is 1. The summed E-state index contributed by atoms with van der Waals surface area (Å²) < 4.78 is 40.7. The number of alkyl halides is 3. The molecule has 5 N–H and O–H groups in total. The molecule has 9 nitrogen and oxygen atoms in total. The van der Waals surface area contributed by atoms with E-state index in [0.717, 1.165) is 44.0 Å². The van der Waals surface area contributed by atoms with Crippen LogP contribution in [0.3, 0.4) is 0 Å². The van der Waals surface area contributed by atoms with E-state index in [1.807, 2.05) is 4.68 Å². The van der Waals surface area contributed by atoms with Gasteiger partial charge >= 0.3 is 6.18 Å². The van der Waals surface area contributed by atoms with Crippen molar-refractivity contribution < 1.29 is 18.0 Å². The van der Waals surface area contributed by atoms with Gasteiger partial charge in [0.15, 0.2) is 5.65 Å². The first-order valence-electron chi connectivity index (χ1n) is 11.4. The molecule has 1 aromatic carbocycles. The van der Waals surface area contributed by atoms with Crippen LogP contribution in [0.15, 0.2) is 48.9 Å². The quantitative estimate of drug-likeness (QED) is 0.349. The minimum Gasteiger partial charge on any atom is -0.383 e. The molecule has 194 valence electrons. The highest BCUT2D eigenvalue weighted by Crippen LogP contribution is 2.36. The third-order valence-electron chi connectivity index (χ3n) is 6.35. The number of carbonyl (C=O) groups is 1. The van der Waals surface area contributed by atoms with Crippen LogP contribution in [-0.2, 0) is 6.18 Å². The standard InChI is InChI=1S/C24H23F3N8O.ClH/c25-24(26,27)15-9-10-30-18(11-15)33-23(36)14-3-1-13(2-4-14)20-19-21(29)31-12-32-22(19)35(34-20)17-7-5-16(28)6-8-17;/h1-4,9-12,16-17H,5-8,28H2,(H2,29,31,32)(H,30,33,36);1H. The predicted octanol–water partition coefficient (Wildman–Crippen LogP) is 4.61. The van der Waals surface area contributed by atoms with Crippen LogP contribution < -0.4 is 16.8 Å². The summed E-state index contributed by atoms with van der Waals surface area (Å²) in [6.07, 6.45) is 1.41. The van der Waals surface area contributed by atoms with E-state index in [-0.39, 0.29) is 35.9 Å². The van der Waals surface area contributed by atoms with E-state index < -0.39 is 17.6 Å². The SMILES string of the molecule is Cl.Nc1ncnc2c1c(-c1ccc(C(=O)Nc3cc(C(F)(F)F)ccn3)cc1)nn2C1CCC(N)CC1. The van der Waals surface area contributed by atoms with Gasteiger partial charge in [0.25, 0.3) is 5.91 Å². The van der Waals surface area contributed by atoms with E-state index in [9.17, 15) is 18.0 Å². The number of nitrogens with zero attached hydrogens (tertiary/aromatic N) is 5. The van der Waals surface area contributed by atoms with Crippen LogP contribution in [0.4, 0.5) is 24.8 Å². The van der Waals surface area contributed by atoms with Gasteiger partial charge in [0.2, 0.25) is 0 Å². The van der Waals surface area contributed by atoms with Crippen molar-refractivity contribution in [2.75, 3.05) is 11.1 Å². The number of pyridine rings is 1. The minimum absolute atomic E-state index is 0. The molecule has 0 unspecified atom stereocenters. The van der Waals surface area contributed by atoms with Gasteiger partial charge < -0.3 is 16.8 Å². The fourth-order valence-corrected chi connectivity index (χ4v) is 4.44. The number of rotatable bonds is 4. The number of anilines is 2. The lowest BCUT2D eigenvalue weighted by molar-refractivity contribution is -0.137. The van der Waals surface area contributed by atoms with Crippen LogP contribution in [-0.4, -0.2) is 36.7 Å². The Morgan fingerprint density at radius 2 is 1.73 bits per heavy atom. The molecule has 3 heterocycles. The van der Waals surface area contributed by atoms with Crippen LogP contribution in [0.2, 0.25) is 0 Å². The van der Waals surface area contributed by atoms with Crippen LogP contribution in [0.25, 0.3) is 22.3 Å². The van der Waals surface area contributed by atoms with Gasteiger partial charge in [-0.1, -0.05) is 12.1 Å². The molecule has 13 heteroatoms. The molecule has 0 aliphatic heterocycles. The number of nitrogens with one attached hydrogen (secondary N) is 1. The van der Waals surface area contributed by atoms with Crippen molar-refractivity contribution in [1.29, 1.82) is 0 Å². The van der Waals surface area contributed by atoms with Gasteiger partial charge in [0.1, 0.15) is 23.7 Å². The van der Waals surface area contributed by atoms with E-state index in [2.05, 4.69) is 20.3 Å². The monoisotopic (exact) mass is 532 g/mol. The topological polar surface area (TPSA) is 138 Å². The summed E-state index contributed by atoms with van der Waals surface area (Å²) in [7, 11) is 0. The first-order valence-corrected chi connectivity index (χ1v) is 11.4. The minimum atomic E-state index is -4.54. The molecule has 37 heavy (non-hydrogen) atoms. The zero-order valence-electron chi connectivity index (χ0n) is 19.4. The fourth-order valence-electron chi connectivity index (χ4n) is 4.44. The van der Waals surface area contributed by atoms with Gasteiger partial charge in [-0.3, -0.25) is 4.79 Å². The molecule has 1 aliphatic rings. The van der Waals surface area contributed by atoms with Gasteiger partial charge in [-0.2, -0.15) is 18.3 Å². The van der Waals surface area contributed by atoms with Crippen molar-refractivity contribution in [2.45, 2.75) is 43.9 Å². The zero-order chi connectivity index (χ0) is 25.4. The van der Waals surface area contributed by atoms with Crippen molar-refractivity contribution in [3.05, 3.63) is 60.0 Å². The van der Waals surface area contributed by atoms with E-state index in [1.165, 1.54) is 6.33 Å². The zero-order valence-corrected chi connectivity index (χ0v) is 20.3. The van der Waals surface area contributed by atoms with E-state index in [0.29, 0.717) is 28.1 Å². The molecule has 1 aliphatic carbocycles. The Kier molecular flexibility index (Phi) is 7.32. The number of fused-ring (bicyclic) bond motifs is 1. The summed E-state index contributed by atoms with van der Waals surface area (Å²) in [6.45, 7) is 0. The molecule has 4 aromatic rings. The third kappa shape index (κ3) is 5.35. The molecule has 0 saturated heterocycles. The molecule has 1 fully saturated rings. The number of aromatic nitrogens is 5. The summed E-state index contributed by atoms with van der Waals surface area (Å²) >= 11 is 0. The van der Waals surface area contributed by atoms with Gasteiger partial charge in [-0.15, -0.1) is 12.4 Å². The van der Waals surface area contributed by atoms with Crippen molar-refractivity contribution in [1.82, 2.24) is 24.7 Å². The smallest absolute Gasteiger partial charge is 0.383 e. The Labute approximate surface area is 215 Å². The Bertz CT molecular complexity index is 1420. The average Bonchev–Trinajstić information content (AvgIpc) is 3.25. The van der Waals surface area contributed by atoms with Gasteiger partial charge in [-0.25, -0.2) is 19.6 Å². The molecule has 0 radical (unpaired) electrons. The van der Waals surface area contributed by atoms with Crippen molar-refractivity contribution >= 4 is 41.0 Å². The predicted molar refractivity (Wildman–Crippen MR) is 135 cm³/mol. The highest BCUT2D eigenvalue weighted by Gasteiger charge is 2.31. The van der Waals surface area contributed by atoms with E-state index in [4.69, 9.17) is 16.6 Å². The second kappa shape index (κ2) is 10.3. The number of carbonyl (C=O) groups excluding carboxylic acids is 1. The normalized spacial score (nSPS) is 17.8. The molecule has 5 rings (SSSR count). The van der Waals surface area contributed by atoms with Crippen molar-refractivity contribution in [3.8, 4) is 11.3 Å². The van der Waals surface area contributed by atoms with E-state index >= 15 is 0 Å². The van der Waals surface area contributed by atoms with Crippen LogP contribution in [0.5, 0.6) is 0 Å². The Hall–Kier alpha value is -3.77.